The fourth-order valence-electron chi connectivity index (χ4n) is 2.67. The number of nitrogens with zero attached hydrogens (tertiary/aromatic N) is 1. The highest BCUT2D eigenvalue weighted by Gasteiger charge is 2.29. The van der Waals surface area contributed by atoms with Crippen molar-refractivity contribution in [3.8, 4) is 0 Å². The van der Waals surface area contributed by atoms with Crippen LogP contribution in [0.15, 0.2) is 65.8 Å². The van der Waals surface area contributed by atoms with E-state index in [1.165, 1.54) is 0 Å². The number of carbonyl (C=O) groups excluding carboxylic acids is 2. The first-order valence-electron chi connectivity index (χ1n) is 8.05. The molecule has 1 aliphatic heterocycles. The number of benzene rings is 2. The largest absolute Gasteiger partial charge is 0.387 e. The highest BCUT2D eigenvalue weighted by molar-refractivity contribution is 6.39. The van der Waals surface area contributed by atoms with Crippen molar-refractivity contribution in [1.82, 2.24) is 5.32 Å². The fourth-order valence-corrected chi connectivity index (χ4v) is 2.67. The van der Waals surface area contributed by atoms with E-state index >= 15 is 0 Å². The van der Waals surface area contributed by atoms with E-state index in [1.54, 1.807) is 0 Å². The van der Waals surface area contributed by atoms with Gasteiger partial charge < -0.3 is 15.9 Å². The molecule has 1 heterocycles. The standard InChI is InChI=1S/C19H19N3O3/c20-18(23)15(11-13-7-3-1-4-8-13)21-19(24)16-12-17(25-22-16)14-9-5-2-6-10-14/h1-10,15,17H,11-12H2,(H2,20,23)(H,21,24)/t15-,17-/m1/s1. The van der Waals surface area contributed by atoms with Crippen molar-refractivity contribution in [2.75, 3.05) is 0 Å². The molecule has 0 aliphatic carbocycles. The molecule has 2 atom stereocenters. The highest BCUT2D eigenvalue weighted by Crippen LogP contribution is 2.26. The van der Waals surface area contributed by atoms with Gasteiger partial charge in [0.1, 0.15) is 11.8 Å². The van der Waals surface area contributed by atoms with Gasteiger partial charge in [-0.15, -0.1) is 0 Å². The lowest BCUT2D eigenvalue weighted by molar-refractivity contribution is -0.124. The van der Waals surface area contributed by atoms with Crippen molar-refractivity contribution in [3.63, 3.8) is 0 Å². The SMILES string of the molecule is NC(=O)[C@@H](Cc1ccccc1)NC(=O)C1=NO[C@@H](c2ccccc2)C1. The second kappa shape index (κ2) is 7.61. The minimum Gasteiger partial charge on any atom is -0.387 e. The van der Waals surface area contributed by atoms with E-state index in [9.17, 15) is 9.59 Å². The number of nitrogens with two attached hydrogens (primary N) is 1. The third-order valence-electron chi connectivity index (χ3n) is 4.03. The fraction of sp³-hybridized carbons (Fsp3) is 0.211. The van der Waals surface area contributed by atoms with Crippen molar-refractivity contribution in [2.24, 2.45) is 10.9 Å². The van der Waals surface area contributed by atoms with Crippen molar-refractivity contribution in [3.05, 3.63) is 71.8 Å². The monoisotopic (exact) mass is 337 g/mol. The molecular weight excluding hydrogens is 318 g/mol. The minimum atomic E-state index is -0.798. The summed E-state index contributed by atoms with van der Waals surface area (Å²) in [6, 6.07) is 18.1. The molecule has 0 radical (unpaired) electrons. The summed E-state index contributed by atoms with van der Waals surface area (Å²) < 4.78 is 0. The van der Waals surface area contributed by atoms with Crippen LogP contribution in [0.5, 0.6) is 0 Å². The van der Waals surface area contributed by atoms with Crippen LogP contribution in [0.1, 0.15) is 23.7 Å². The van der Waals surface area contributed by atoms with Crippen molar-refractivity contribution < 1.29 is 14.4 Å². The Morgan fingerprint density at radius 1 is 1.12 bits per heavy atom. The smallest absolute Gasteiger partial charge is 0.269 e. The lowest BCUT2D eigenvalue weighted by atomic mass is 10.0. The van der Waals surface area contributed by atoms with E-state index in [1.807, 2.05) is 60.7 Å². The van der Waals surface area contributed by atoms with Gasteiger partial charge in [0.15, 0.2) is 6.10 Å². The van der Waals surface area contributed by atoms with Crippen LogP contribution >= 0.6 is 0 Å². The van der Waals surface area contributed by atoms with Gasteiger partial charge in [0.05, 0.1) is 0 Å². The number of primary amides is 1. The molecule has 2 aromatic rings. The van der Waals surface area contributed by atoms with Crippen LogP contribution < -0.4 is 11.1 Å². The van der Waals surface area contributed by atoms with Crippen LogP contribution in [-0.4, -0.2) is 23.6 Å². The first kappa shape index (κ1) is 16.7. The average Bonchev–Trinajstić information content (AvgIpc) is 3.13. The molecule has 25 heavy (non-hydrogen) atoms. The molecule has 0 spiro atoms. The van der Waals surface area contributed by atoms with E-state index in [0.717, 1.165) is 11.1 Å². The molecular formula is C19H19N3O3. The zero-order valence-electron chi connectivity index (χ0n) is 13.6. The normalized spacial score (nSPS) is 17.3. The maximum Gasteiger partial charge on any atom is 0.269 e. The average molecular weight is 337 g/mol. The molecule has 2 aromatic carbocycles. The number of rotatable bonds is 6. The van der Waals surface area contributed by atoms with Crippen LogP contribution in [0.2, 0.25) is 0 Å². The summed E-state index contributed by atoms with van der Waals surface area (Å²) in [5, 5.41) is 6.52. The lowest BCUT2D eigenvalue weighted by Crippen LogP contribution is -2.48. The summed E-state index contributed by atoms with van der Waals surface area (Å²) in [5.41, 5.74) is 7.55. The summed E-state index contributed by atoms with van der Waals surface area (Å²) in [4.78, 5) is 29.4. The Labute approximate surface area is 145 Å². The molecule has 6 heteroatoms. The molecule has 2 amide bonds. The molecule has 128 valence electrons. The Morgan fingerprint density at radius 2 is 1.76 bits per heavy atom. The molecule has 0 unspecified atom stereocenters. The Kier molecular flexibility index (Phi) is 5.09. The van der Waals surface area contributed by atoms with Crippen LogP contribution in [0.4, 0.5) is 0 Å². The van der Waals surface area contributed by atoms with Gasteiger partial charge in [-0.2, -0.15) is 0 Å². The van der Waals surface area contributed by atoms with E-state index in [0.29, 0.717) is 12.8 Å². The quantitative estimate of drug-likeness (QED) is 0.840. The van der Waals surface area contributed by atoms with Crippen molar-refractivity contribution in [1.29, 1.82) is 0 Å². The summed E-state index contributed by atoms with van der Waals surface area (Å²) in [6.45, 7) is 0. The van der Waals surface area contributed by atoms with Gasteiger partial charge in [-0.25, -0.2) is 0 Å². The van der Waals surface area contributed by atoms with Crippen LogP contribution in [0.25, 0.3) is 0 Å². The second-order valence-electron chi connectivity index (χ2n) is 5.86. The van der Waals surface area contributed by atoms with Crippen molar-refractivity contribution in [2.45, 2.75) is 25.0 Å². The number of carbonyl (C=O) groups is 2. The van der Waals surface area contributed by atoms with Crippen molar-refractivity contribution >= 4 is 17.5 Å². The van der Waals surface area contributed by atoms with Gasteiger partial charge in [-0.05, 0) is 11.1 Å². The number of hydrogen-bond donors (Lipinski definition) is 2. The van der Waals surface area contributed by atoms with E-state index in [2.05, 4.69) is 10.5 Å². The zero-order chi connectivity index (χ0) is 17.6. The van der Waals surface area contributed by atoms with E-state index in [-0.39, 0.29) is 11.8 Å². The Hall–Kier alpha value is -3.15. The molecule has 0 saturated heterocycles. The number of amides is 2. The zero-order valence-corrected chi connectivity index (χ0v) is 13.6. The molecule has 0 saturated carbocycles. The number of nitrogens with one attached hydrogen (secondary N) is 1. The maximum absolute atomic E-state index is 12.4. The van der Waals surface area contributed by atoms with Gasteiger partial charge in [0.25, 0.3) is 5.91 Å². The highest BCUT2D eigenvalue weighted by atomic mass is 16.6. The van der Waals surface area contributed by atoms with Crippen LogP contribution in [-0.2, 0) is 20.8 Å². The van der Waals surface area contributed by atoms with Gasteiger partial charge in [-0.3, -0.25) is 9.59 Å². The molecule has 0 aromatic heterocycles. The van der Waals surface area contributed by atoms with E-state index < -0.39 is 17.9 Å². The third-order valence-corrected chi connectivity index (χ3v) is 4.03. The first-order chi connectivity index (χ1) is 12.1. The predicted molar refractivity (Wildman–Crippen MR) is 93.6 cm³/mol. The molecule has 3 rings (SSSR count). The Balaban J connectivity index is 1.61. The first-order valence-corrected chi connectivity index (χ1v) is 8.05. The molecule has 0 fully saturated rings. The molecule has 3 N–H and O–H groups in total. The summed E-state index contributed by atoms with van der Waals surface area (Å²) in [6.07, 6.45) is 0.397. The number of hydrogen-bond acceptors (Lipinski definition) is 4. The Morgan fingerprint density at radius 3 is 2.40 bits per heavy atom. The second-order valence-corrected chi connectivity index (χ2v) is 5.86. The lowest BCUT2D eigenvalue weighted by Gasteiger charge is -2.15. The van der Waals surface area contributed by atoms with Crippen LogP contribution in [0.3, 0.4) is 0 Å². The van der Waals surface area contributed by atoms with Gasteiger partial charge in [0.2, 0.25) is 5.91 Å². The summed E-state index contributed by atoms with van der Waals surface area (Å²) in [5.74, 6) is -1.02. The number of oxime groups is 1. The van der Waals surface area contributed by atoms with Gasteiger partial charge in [-0.1, -0.05) is 65.8 Å². The molecule has 6 nitrogen and oxygen atoms in total. The predicted octanol–water partition coefficient (Wildman–Crippen LogP) is 1.72. The third kappa shape index (κ3) is 4.23. The Bertz CT molecular complexity index is 775. The van der Waals surface area contributed by atoms with Gasteiger partial charge >= 0.3 is 0 Å². The maximum atomic E-state index is 12.4. The minimum absolute atomic E-state index is 0.258. The summed E-state index contributed by atoms with van der Waals surface area (Å²) >= 11 is 0. The van der Waals surface area contributed by atoms with Gasteiger partial charge in [0, 0.05) is 12.8 Å². The van der Waals surface area contributed by atoms with Crippen LogP contribution in [0, 0.1) is 0 Å². The summed E-state index contributed by atoms with van der Waals surface area (Å²) in [7, 11) is 0. The molecule has 1 aliphatic rings. The topological polar surface area (TPSA) is 93.8 Å². The molecule has 0 bridgehead atoms. The van der Waals surface area contributed by atoms with E-state index in [4.69, 9.17) is 10.6 Å².